The fraction of sp³-hybridized carbons (Fsp3) is 0.667. The molecule has 68 valence electrons. The first kappa shape index (κ1) is 8.95. The van der Waals surface area contributed by atoms with Gasteiger partial charge in [0.05, 0.1) is 13.2 Å². The molecule has 1 heterocycles. The zero-order valence-corrected chi connectivity index (χ0v) is 6.91. The third-order valence-corrected chi connectivity index (χ3v) is 1.51. The summed E-state index contributed by atoms with van der Waals surface area (Å²) < 4.78 is 0. The molecular weight excluding hydrogens is 158 g/mol. The van der Waals surface area contributed by atoms with Crippen LogP contribution in [0.15, 0.2) is 10.1 Å². The van der Waals surface area contributed by atoms with Crippen LogP contribution in [0.25, 0.3) is 0 Å². The molecular formula is C6H13N5O. The molecule has 12 heavy (non-hydrogen) atoms. The van der Waals surface area contributed by atoms with Gasteiger partial charge in [0.15, 0.2) is 5.84 Å². The Morgan fingerprint density at radius 3 is 2.83 bits per heavy atom. The van der Waals surface area contributed by atoms with Crippen molar-refractivity contribution < 1.29 is 5.11 Å². The van der Waals surface area contributed by atoms with E-state index < -0.39 is 5.66 Å². The maximum Gasteiger partial charge on any atom is 0.168 e. The number of nitrogens with one attached hydrogen (secondary N) is 1. The van der Waals surface area contributed by atoms with E-state index in [1.165, 1.54) is 0 Å². The normalized spacial score (nSPS) is 31.9. The second-order valence-electron chi connectivity index (χ2n) is 2.77. The summed E-state index contributed by atoms with van der Waals surface area (Å²) >= 11 is 0. The number of rotatable bonds is 2. The zero-order valence-electron chi connectivity index (χ0n) is 6.91. The number of nitrogens with zero attached hydrogens (tertiary/aromatic N) is 2. The number of hydrogen-bond acceptors (Lipinski definition) is 6. The highest BCUT2D eigenvalue weighted by Gasteiger charge is 2.33. The van der Waals surface area contributed by atoms with Crippen LogP contribution in [0.2, 0.25) is 0 Å². The van der Waals surface area contributed by atoms with Gasteiger partial charge in [0.1, 0.15) is 11.4 Å². The molecule has 6 heteroatoms. The lowest BCUT2D eigenvalue weighted by Gasteiger charge is -2.17. The van der Waals surface area contributed by atoms with Crippen molar-refractivity contribution in [2.45, 2.75) is 12.6 Å². The summed E-state index contributed by atoms with van der Waals surface area (Å²) in [6.45, 7) is 1.99. The molecule has 0 aliphatic carbocycles. The summed E-state index contributed by atoms with van der Waals surface area (Å²) in [6, 6.07) is 0. The van der Waals surface area contributed by atoms with Crippen LogP contribution in [-0.2, 0) is 0 Å². The van der Waals surface area contributed by atoms with Crippen LogP contribution in [0, 0.1) is 0 Å². The summed E-state index contributed by atoms with van der Waals surface area (Å²) in [5.74, 6) is 0.286. The van der Waals surface area contributed by atoms with Crippen LogP contribution in [0.5, 0.6) is 0 Å². The van der Waals surface area contributed by atoms with Gasteiger partial charge in [0, 0.05) is 0 Å². The van der Waals surface area contributed by atoms with Crippen LogP contribution in [0.1, 0.15) is 6.92 Å². The van der Waals surface area contributed by atoms with Gasteiger partial charge in [-0.15, -0.1) is 0 Å². The summed E-state index contributed by atoms with van der Waals surface area (Å²) in [4.78, 5) is 4.00. The maximum absolute atomic E-state index is 8.53. The number of hydrazone groups is 1. The molecule has 1 unspecified atom stereocenters. The molecule has 0 bridgehead atoms. The Bertz CT molecular complexity index is 232. The second kappa shape index (κ2) is 3.08. The van der Waals surface area contributed by atoms with Gasteiger partial charge < -0.3 is 16.6 Å². The van der Waals surface area contributed by atoms with E-state index in [9.17, 15) is 0 Å². The van der Waals surface area contributed by atoms with Crippen LogP contribution < -0.4 is 16.9 Å². The summed E-state index contributed by atoms with van der Waals surface area (Å²) in [7, 11) is 0. The lowest BCUT2D eigenvalue weighted by molar-refractivity contribution is 0.306. The minimum atomic E-state index is -0.806. The third kappa shape index (κ3) is 1.54. The molecule has 0 radical (unpaired) electrons. The molecule has 0 fully saturated rings. The quantitative estimate of drug-likeness (QED) is 0.384. The topological polar surface area (TPSA) is 109 Å². The molecule has 0 amide bonds. The fourth-order valence-electron chi connectivity index (χ4n) is 0.955. The Labute approximate surface area is 70.3 Å². The van der Waals surface area contributed by atoms with E-state index in [-0.39, 0.29) is 12.4 Å². The lowest BCUT2D eigenvalue weighted by Crippen LogP contribution is -2.53. The minimum Gasteiger partial charge on any atom is -0.394 e. The number of aliphatic imine (C=N–C) groups is 1. The second-order valence-corrected chi connectivity index (χ2v) is 2.77. The van der Waals surface area contributed by atoms with E-state index in [0.717, 1.165) is 0 Å². The average Bonchev–Trinajstić information content (AvgIpc) is 2.24. The molecule has 1 rings (SSSR count). The smallest absolute Gasteiger partial charge is 0.168 e. The highest BCUT2D eigenvalue weighted by Crippen LogP contribution is 2.05. The number of nitrogens with two attached hydrogens (primary N) is 2. The standard InChI is InChI=1S/C6H13N5O/c1-6(8)4(9-2-3-12)5(7)10-11-6/h11-12H,2-3,8H2,1H3,(H2,7,10). The van der Waals surface area contributed by atoms with E-state index in [1.54, 1.807) is 6.92 Å². The summed E-state index contributed by atoms with van der Waals surface area (Å²) in [6.07, 6.45) is 0. The van der Waals surface area contributed by atoms with Gasteiger partial charge in [0.2, 0.25) is 0 Å². The first-order chi connectivity index (χ1) is 5.58. The Kier molecular flexibility index (Phi) is 2.30. The molecule has 0 aromatic heterocycles. The minimum absolute atomic E-state index is 0.0210. The van der Waals surface area contributed by atoms with E-state index >= 15 is 0 Å². The molecule has 0 saturated carbocycles. The summed E-state index contributed by atoms with van der Waals surface area (Å²) in [5, 5.41) is 12.3. The lowest BCUT2D eigenvalue weighted by atomic mass is 10.1. The van der Waals surface area contributed by atoms with Crippen molar-refractivity contribution >= 4 is 11.5 Å². The van der Waals surface area contributed by atoms with E-state index in [2.05, 4.69) is 15.5 Å². The van der Waals surface area contributed by atoms with Crippen LogP contribution in [0.3, 0.4) is 0 Å². The van der Waals surface area contributed by atoms with Crippen molar-refractivity contribution in [3.63, 3.8) is 0 Å². The van der Waals surface area contributed by atoms with Crippen molar-refractivity contribution in [2.24, 2.45) is 21.6 Å². The number of hydrogen-bond donors (Lipinski definition) is 4. The molecule has 1 aliphatic rings. The Morgan fingerprint density at radius 2 is 2.42 bits per heavy atom. The van der Waals surface area contributed by atoms with Crippen LogP contribution >= 0.6 is 0 Å². The van der Waals surface area contributed by atoms with Crippen molar-refractivity contribution in [2.75, 3.05) is 13.2 Å². The van der Waals surface area contributed by atoms with Gasteiger partial charge in [-0.3, -0.25) is 10.4 Å². The summed E-state index contributed by atoms with van der Waals surface area (Å²) in [5.41, 5.74) is 13.5. The Balaban J connectivity index is 2.78. The third-order valence-electron chi connectivity index (χ3n) is 1.51. The zero-order chi connectivity index (χ0) is 9.19. The average molecular weight is 171 g/mol. The van der Waals surface area contributed by atoms with E-state index in [4.69, 9.17) is 16.6 Å². The molecule has 6 nitrogen and oxygen atoms in total. The monoisotopic (exact) mass is 171 g/mol. The van der Waals surface area contributed by atoms with Gasteiger partial charge in [-0.05, 0) is 6.92 Å². The predicted molar refractivity (Wildman–Crippen MR) is 46.7 cm³/mol. The van der Waals surface area contributed by atoms with E-state index in [0.29, 0.717) is 12.3 Å². The molecule has 0 aromatic carbocycles. The molecule has 1 aliphatic heterocycles. The first-order valence-corrected chi connectivity index (χ1v) is 3.63. The largest absolute Gasteiger partial charge is 0.394 e. The van der Waals surface area contributed by atoms with Crippen LogP contribution in [0.4, 0.5) is 0 Å². The van der Waals surface area contributed by atoms with Crippen molar-refractivity contribution in [1.82, 2.24) is 5.43 Å². The molecule has 6 N–H and O–H groups in total. The van der Waals surface area contributed by atoms with Crippen molar-refractivity contribution in [1.29, 1.82) is 0 Å². The van der Waals surface area contributed by atoms with Crippen LogP contribution in [-0.4, -0.2) is 35.5 Å². The number of amidine groups is 1. The van der Waals surface area contributed by atoms with Crippen molar-refractivity contribution in [3.8, 4) is 0 Å². The van der Waals surface area contributed by atoms with Crippen molar-refractivity contribution in [3.05, 3.63) is 0 Å². The SMILES string of the molecule is CC1(N)NN=C(N)C1=NCCO. The number of aliphatic hydroxyl groups is 1. The van der Waals surface area contributed by atoms with Gasteiger partial charge >= 0.3 is 0 Å². The molecule has 0 spiro atoms. The highest BCUT2D eigenvalue weighted by atomic mass is 16.3. The highest BCUT2D eigenvalue weighted by molar-refractivity contribution is 6.45. The molecule has 0 aromatic rings. The van der Waals surface area contributed by atoms with E-state index in [1.807, 2.05) is 0 Å². The predicted octanol–water partition coefficient (Wildman–Crippen LogP) is -2.03. The Hall–Kier alpha value is -1.14. The van der Waals surface area contributed by atoms with Gasteiger partial charge in [-0.2, -0.15) is 5.10 Å². The molecule has 0 saturated heterocycles. The van der Waals surface area contributed by atoms with Gasteiger partial charge in [-0.25, -0.2) is 0 Å². The Morgan fingerprint density at radius 1 is 1.75 bits per heavy atom. The van der Waals surface area contributed by atoms with Gasteiger partial charge in [0.25, 0.3) is 0 Å². The number of aliphatic hydroxyl groups excluding tert-OH is 1. The first-order valence-electron chi connectivity index (χ1n) is 3.63. The fourth-order valence-corrected chi connectivity index (χ4v) is 0.955. The molecule has 1 atom stereocenters. The maximum atomic E-state index is 8.53. The van der Waals surface area contributed by atoms with Gasteiger partial charge in [-0.1, -0.05) is 0 Å².